The summed E-state index contributed by atoms with van der Waals surface area (Å²) in [6, 6.07) is 6.74. The summed E-state index contributed by atoms with van der Waals surface area (Å²) in [6.07, 6.45) is 16.6. The number of piperazine rings is 1. The molecule has 0 bridgehead atoms. The van der Waals surface area contributed by atoms with Crippen LogP contribution in [-0.2, 0) is 9.59 Å². The number of fused-ring (bicyclic) bond motifs is 1. The Morgan fingerprint density at radius 2 is 1.76 bits per heavy atom. The number of hydrogen-bond acceptors (Lipinski definition) is 6. The first kappa shape index (κ1) is 26.6. The quantitative estimate of drug-likeness (QED) is 0.532. The molecule has 3 fully saturated rings. The second-order valence-electron chi connectivity index (χ2n) is 11.2. The highest BCUT2D eigenvalue weighted by Gasteiger charge is 2.37. The van der Waals surface area contributed by atoms with Gasteiger partial charge in [-0.05, 0) is 48.8 Å². The van der Waals surface area contributed by atoms with Crippen molar-refractivity contribution in [2.75, 3.05) is 19.6 Å². The molecule has 2 heterocycles. The average Bonchev–Trinajstić information content (AvgIpc) is 2.97. The van der Waals surface area contributed by atoms with Crippen LogP contribution in [0.25, 0.3) is 10.8 Å². The number of carbonyl (C=O) groups is 3. The van der Waals surface area contributed by atoms with Crippen LogP contribution in [0.1, 0.15) is 70.6 Å². The van der Waals surface area contributed by atoms with E-state index in [4.69, 9.17) is 4.74 Å². The molecular weight excluding hydrogens is 480 g/mol. The Kier molecular flexibility index (Phi) is 8.89. The first-order valence-electron chi connectivity index (χ1n) is 14.4. The highest BCUT2D eigenvalue weighted by molar-refractivity contribution is 5.86. The van der Waals surface area contributed by atoms with Gasteiger partial charge in [-0.25, -0.2) is 4.79 Å². The number of hydrogen-bond donors (Lipinski definition) is 1. The van der Waals surface area contributed by atoms with Crippen LogP contribution < -0.4 is 10.1 Å². The van der Waals surface area contributed by atoms with E-state index in [1.165, 1.54) is 56.3 Å². The van der Waals surface area contributed by atoms with Crippen molar-refractivity contribution in [2.24, 2.45) is 5.92 Å². The van der Waals surface area contributed by atoms with Crippen LogP contribution in [-0.4, -0.2) is 70.8 Å². The van der Waals surface area contributed by atoms with Gasteiger partial charge in [0.05, 0.1) is 12.6 Å². The molecule has 0 unspecified atom stereocenters. The fourth-order valence-electron chi connectivity index (χ4n) is 6.41. The van der Waals surface area contributed by atoms with Crippen molar-refractivity contribution in [3.8, 4) is 5.75 Å². The number of pyridine rings is 1. The van der Waals surface area contributed by atoms with Crippen LogP contribution in [0.2, 0.25) is 0 Å². The number of rotatable bonds is 7. The van der Waals surface area contributed by atoms with Gasteiger partial charge in [0.25, 0.3) is 0 Å². The summed E-state index contributed by atoms with van der Waals surface area (Å²) in [4.78, 5) is 46.3. The molecule has 1 aliphatic heterocycles. The molecule has 1 saturated heterocycles. The number of nitrogens with zero attached hydrogens (tertiary/aromatic N) is 3. The van der Waals surface area contributed by atoms with Crippen molar-refractivity contribution in [1.29, 1.82) is 0 Å². The number of aromatic nitrogens is 1. The van der Waals surface area contributed by atoms with E-state index < -0.39 is 12.1 Å². The Morgan fingerprint density at radius 3 is 2.53 bits per heavy atom. The lowest BCUT2D eigenvalue weighted by atomic mass is 9.84. The third-order valence-corrected chi connectivity index (χ3v) is 8.57. The van der Waals surface area contributed by atoms with E-state index >= 15 is 0 Å². The lowest BCUT2D eigenvalue weighted by Gasteiger charge is -2.41. The number of amides is 2. The molecule has 2 amide bonds. The van der Waals surface area contributed by atoms with Gasteiger partial charge in [-0.15, -0.1) is 0 Å². The highest BCUT2D eigenvalue weighted by atomic mass is 16.6. The summed E-state index contributed by atoms with van der Waals surface area (Å²) in [6.45, 7) is 0.804. The number of nitrogens with one attached hydrogen (secondary N) is 1. The average molecular weight is 521 g/mol. The minimum Gasteiger partial charge on any atom is -0.410 e. The monoisotopic (exact) mass is 520 g/mol. The van der Waals surface area contributed by atoms with E-state index in [0.29, 0.717) is 30.8 Å². The maximum Gasteiger partial charge on any atom is 0.415 e. The molecule has 5 rings (SSSR count). The molecule has 2 atom stereocenters. The molecule has 2 aliphatic carbocycles. The molecular formula is C30H40N4O4. The second-order valence-corrected chi connectivity index (χ2v) is 11.2. The van der Waals surface area contributed by atoms with Crippen LogP contribution in [0.5, 0.6) is 5.75 Å². The molecule has 38 heavy (non-hydrogen) atoms. The van der Waals surface area contributed by atoms with Gasteiger partial charge < -0.3 is 24.6 Å². The van der Waals surface area contributed by atoms with Crippen molar-refractivity contribution in [3.63, 3.8) is 0 Å². The van der Waals surface area contributed by atoms with Crippen LogP contribution in [0.3, 0.4) is 0 Å². The minimum atomic E-state index is -0.674. The second kappa shape index (κ2) is 12.7. The van der Waals surface area contributed by atoms with E-state index in [2.05, 4.69) is 10.3 Å². The minimum absolute atomic E-state index is 0.00768. The van der Waals surface area contributed by atoms with Crippen molar-refractivity contribution in [1.82, 2.24) is 20.1 Å². The number of aldehydes is 1. The smallest absolute Gasteiger partial charge is 0.410 e. The maximum atomic E-state index is 13.9. The van der Waals surface area contributed by atoms with Crippen molar-refractivity contribution < 1.29 is 19.1 Å². The summed E-state index contributed by atoms with van der Waals surface area (Å²) >= 11 is 0. The fourth-order valence-corrected chi connectivity index (χ4v) is 6.41. The third-order valence-electron chi connectivity index (χ3n) is 8.57. The molecule has 0 spiro atoms. The van der Waals surface area contributed by atoms with Gasteiger partial charge in [-0.3, -0.25) is 9.78 Å². The number of ether oxygens (including phenoxy) is 1. The molecule has 2 saturated carbocycles. The molecule has 0 radical (unpaired) electrons. The summed E-state index contributed by atoms with van der Waals surface area (Å²) < 4.78 is 5.63. The van der Waals surface area contributed by atoms with Crippen molar-refractivity contribution >= 4 is 29.1 Å². The lowest BCUT2D eigenvalue weighted by molar-refractivity contribution is -0.141. The van der Waals surface area contributed by atoms with Gasteiger partial charge in [0.1, 0.15) is 18.1 Å². The number of carbonyl (C=O) groups excluding carboxylic acids is 3. The Labute approximate surface area is 225 Å². The van der Waals surface area contributed by atoms with Gasteiger partial charge in [0, 0.05) is 36.9 Å². The van der Waals surface area contributed by atoms with Crippen molar-refractivity contribution in [3.05, 3.63) is 36.7 Å². The lowest BCUT2D eigenvalue weighted by Crippen LogP contribution is -2.61. The van der Waals surface area contributed by atoms with Crippen molar-refractivity contribution in [2.45, 2.75) is 88.8 Å². The van der Waals surface area contributed by atoms with Crippen LogP contribution in [0.4, 0.5) is 4.79 Å². The van der Waals surface area contributed by atoms with Gasteiger partial charge >= 0.3 is 6.09 Å². The van der Waals surface area contributed by atoms with E-state index in [1.807, 2.05) is 12.1 Å². The Bertz CT molecular complexity index is 1090. The number of benzene rings is 1. The molecule has 204 valence electrons. The van der Waals surface area contributed by atoms with Gasteiger partial charge in [0.15, 0.2) is 0 Å². The van der Waals surface area contributed by atoms with Gasteiger partial charge in [0.2, 0.25) is 5.91 Å². The molecule has 8 nitrogen and oxygen atoms in total. The van der Waals surface area contributed by atoms with E-state index in [0.717, 1.165) is 36.3 Å². The van der Waals surface area contributed by atoms with Crippen LogP contribution >= 0.6 is 0 Å². The highest BCUT2D eigenvalue weighted by Crippen LogP contribution is 2.29. The zero-order valence-electron chi connectivity index (χ0n) is 22.2. The first-order chi connectivity index (χ1) is 18.6. The maximum absolute atomic E-state index is 13.9. The van der Waals surface area contributed by atoms with E-state index in [9.17, 15) is 14.4 Å². The summed E-state index contributed by atoms with van der Waals surface area (Å²) in [5.41, 5.74) is 0. The topological polar surface area (TPSA) is 91.8 Å². The first-order valence-corrected chi connectivity index (χ1v) is 14.4. The molecule has 1 aromatic carbocycles. The zero-order chi connectivity index (χ0) is 26.3. The standard InChI is InChI=1S/C30H40N4O4/c35-21-26-20-33(30(37)38-27-12-11-23-13-14-31-19-24(23)18-27)15-16-34(26)29(36)28(17-22-7-3-1-4-8-22)32-25-9-5-2-6-10-25/h11-14,18-19,21-22,25-26,28,32H,1-10,15-17,20H2/t26-,28+/m0/s1. The van der Waals surface area contributed by atoms with E-state index in [1.54, 1.807) is 29.4 Å². The van der Waals surface area contributed by atoms with Gasteiger partial charge in [-0.1, -0.05) is 57.4 Å². The predicted octanol–water partition coefficient (Wildman–Crippen LogP) is 4.71. The molecule has 8 heteroatoms. The van der Waals surface area contributed by atoms with E-state index in [-0.39, 0.29) is 18.5 Å². The molecule has 1 aromatic heterocycles. The fraction of sp³-hybridized carbons (Fsp3) is 0.600. The molecule has 3 aliphatic rings. The molecule has 1 N–H and O–H groups in total. The predicted molar refractivity (Wildman–Crippen MR) is 146 cm³/mol. The summed E-state index contributed by atoms with van der Waals surface area (Å²) in [5.74, 6) is 0.992. The Balaban J connectivity index is 1.23. The molecule has 2 aromatic rings. The largest absolute Gasteiger partial charge is 0.415 e. The Hall–Kier alpha value is -3.00. The van der Waals surface area contributed by atoms with Gasteiger partial charge in [-0.2, -0.15) is 0 Å². The summed E-state index contributed by atoms with van der Waals surface area (Å²) in [5, 5.41) is 5.60. The van der Waals surface area contributed by atoms with Crippen LogP contribution in [0, 0.1) is 5.92 Å². The Morgan fingerprint density at radius 1 is 1.00 bits per heavy atom. The van der Waals surface area contributed by atoms with Crippen LogP contribution in [0.15, 0.2) is 36.7 Å². The SMILES string of the molecule is O=C[C@@H]1CN(C(=O)Oc2ccc3ccncc3c2)CCN1C(=O)[C@@H](CC1CCCCC1)NC1CCCCC1. The normalized spacial score (nSPS) is 22.3. The third kappa shape index (κ3) is 6.52. The summed E-state index contributed by atoms with van der Waals surface area (Å²) in [7, 11) is 0. The zero-order valence-corrected chi connectivity index (χ0v) is 22.2.